The van der Waals surface area contributed by atoms with Gasteiger partial charge < -0.3 is 11.1 Å². The summed E-state index contributed by atoms with van der Waals surface area (Å²) in [6, 6.07) is 7.77. The van der Waals surface area contributed by atoms with Gasteiger partial charge in [-0.05, 0) is 32.4 Å². The number of rotatable bonds is 7. The average molecular weight is 370 g/mol. The first-order chi connectivity index (χ1) is 11.3. The van der Waals surface area contributed by atoms with E-state index in [-0.39, 0.29) is 23.8 Å². The molecule has 0 fully saturated rings. The van der Waals surface area contributed by atoms with Crippen molar-refractivity contribution in [1.29, 1.82) is 0 Å². The zero-order chi connectivity index (χ0) is 17.7. The highest BCUT2D eigenvalue weighted by Gasteiger charge is 2.24. The van der Waals surface area contributed by atoms with E-state index < -0.39 is 5.67 Å². The minimum atomic E-state index is -1.68. The number of hydrogen-bond acceptors (Lipinski definition) is 6. The Labute approximate surface area is 150 Å². The number of anilines is 2. The summed E-state index contributed by atoms with van der Waals surface area (Å²) in [6.07, 6.45) is 0.845. The summed E-state index contributed by atoms with van der Waals surface area (Å²) in [6.45, 7) is 4.82. The van der Waals surface area contributed by atoms with Crippen molar-refractivity contribution >= 4 is 35.3 Å². The van der Waals surface area contributed by atoms with E-state index in [9.17, 15) is 4.39 Å². The van der Waals surface area contributed by atoms with Crippen molar-refractivity contribution in [3.05, 3.63) is 35.1 Å². The summed E-state index contributed by atoms with van der Waals surface area (Å²) >= 11 is 7.81. The monoisotopic (exact) mass is 369 g/mol. The maximum atomic E-state index is 14.1. The van der Waals surface area contributed by atoms with E-state index in [0.717, 1.165) is 22.1 Å². The molecule has 0 aliphatic carbocycles. The smallest absolute Gasteiger partial charge is 0.228 e. The van der Waals surface area contributed by atoms with Gasteiger partial charge in [0.1, 0.15) is 0 Å². The molecule has 5 nitrogen and oxygen atoms in total. The number of halogens is 2. The Kier molecular flexibility index (Phi) is 6.23. The maximum absolute atomic E-state index is 14.1. The first-order valence-corrected chi connectivity index (χ1v) is 9.00. The fourth-order valence-electron chi connectivity index (χ4n) is 1.92. The Hall–Kier alpha value is -1.60. The first kappa shape index (κ1) is 18.7. The molecule has 0 spiro atoms. The second kappa shape index (κ2) is 7.98. The number of nitrogens with one attached hydrogen (secondary N) is 1. The van der Waals surface area contributed by atoms with Gasteiger partial charge in [-0.15, -0.1) is 11.8 Å². The zero-order valence-electron chi connectivity index (χ0n) is 13.9. The minimum Gasteiger partial charge on any atom is -0.368 e. The molecule has 2 aromatic rings. The van der Waals surface area contributed by atoms with Crippen molar-refractivity contribution in [2.45, 2.75) is 43.8 Å². The summed E-state index contributed by atoms with van der Waals surface area (Å²) in [5.74, 6) is 1.07. The lowest BCUT2D eigenvalue weighted by atomic mass is 10.1. The van der Waals surface area contributed by atoms with Gasteiger partial charge in [-0.3, -0.25) is 0 Å². The van der Waals surface area contributed by atoms with Crippen LogP contribution in [-0.4, -0.2) is 26.7 Å². The van der Waals surface area contributed by atoms with Gasteiger partial charge in [0.25, 0.3) is 0 Å². The number of alkyl halides is 1. The summed E-state index contributed by atoms with van der Waals surface area (Å²) in [7, 11) is 0. The van der Waals surface area contributed by atoms with Gasteiger partial charge in [0.15, 0.2) is 11.5 Å². The van der Waals surface area contributed by atoms with Gasteiger partial charge in [0.2, 0.25) is 11.9 Å². The molecule has 3 N–H and O–H groups in total. The van der Waals surface area contributed by atoms with E-state index in [2.05, 4.69) is 27.2 Å². The van der Waals surface area contributed by atoms with Crippen LogP contribution in [0.4, 0.5) is 16.3 Å². The van der Waals surface area contributed by atoms with Crippen LogP contribution >= 0.6 is 23.4 Å². The quantitative estimate of drug-likeness (QED) is 0.709. The van der Waals surface area contributed by atoms with Crippen LogP contribution in [0.3, 0.4) is 0 Å². The lowest BCUT2D eigenvalue weighted by molar-refractivity contribution is 0.206. The molecule has 0 aliphatic rings. The summed E-state index contributed by atoms with van der Waals surface area (Å²) in [5, 5.41) is 3.92. The Balaban J connectivity index is 2.07. The fraction of sp³-hybridized carbons (Fsp3) is 0.438. The fourth-order valence-corrected chi connectivity index (χ4v) is 3.30. The summed E-state index contributed by atoms with van der Waals surface area (Å²) in [5.41, 5.74) is 3.99. The number of thioether (sulfide) groups is 1. The highest BCUT2D eigenvalue weighted by atomic mass is 35.5. The number of aromatic nitrogens is 3. The molecule has 0 aliphatic heterocycles. The predicted octanol–water partition coefficient (Wildman–Crippen LogP) is 4.29. The highest BCUT2D eigenvalue weighted by Crippen LogP contribution is 2.28. The third-order valence-corrected chi connectivity index (χ3v) is 4.96. The molecule has 1 unspecified atom stereocenters. The van der Waals surface area contributed by atoms with Crippen LogP contribution in [0, 0.1) is 0 Å². The largest absolute Gasteiger partial charge is 0.368 e. The molecular formula is C16H21ClFN5S. The van der Waals surface area contributed by atoms with Crippen molar-refractivity contribution in [3.8, 4) is 0 Å². The molecule has 0 saturated carbocycles. The minimum absolute atomic E-state index is 0.00170. The van der Waals surface area contributed by atoms with Crippen molar-refractivity contribution < 1.29 is 4.39 Å². The average Bonchev–Trinajstić information content (AvgIpc) is 2.51. The van der Waals surface area contributed by atoms with Gasteiger partial charge >= 0.3 is 0 Å². The molecule has 1 atom stereocenters. The normalized spacial score (nSPS) is 12.9. The highest BCUT2D eigenvalue weighted by molar-refractivity contribution is 7.99. The molecule has 2 rings (SSSR count). The van der Waals surface area contributed by atoms with E-state index in [1.54, 1.807) is 11.8 Å². The number of hydrogen-bond donors (Lipinski definition) is 2. The van der Waals surface area contributed by atoms with Crippen LogP contribution in [0.25, 0.3) is 0 Å². The zero-order valence-corrected chi connectivity index (χ0v) is 15.5. The van der Waals surface area contributed by atoms with E-state index in [0.29, 0.717) is 0 Å². The van der Waals surface area contributed by atoms with Crippen molar-refractivity contribution in [1.82, 2.24) is 15.0 Å². The van der Waals surface area contributed by atoms with Crippen LogP contribution < -0.4 is 11.1 Å². The van der Waals surface area contributed by atoms with Crippen molar-refractivity contribution in [2.24, 2.45) is 0 Å². The second-order valence-corrected chi connectivity index (χ2v) is 7.27. The van der Waals surface area contributed by atoms with Crippen molar-refractivity contribution in [2.75, 3.05) is 16.8 Å². The third kappa shape index (κ3) is 5.21. The van der Waals surface area contributed by atoms with E-state index >= 15 is 0 Å². The standard InChI is InChI=1S/C16H21ClFN5S/c1-4-10(9-24-12-8-6-5-7-11(12)17)20-15-22-13(16(2,3)18)21-14(19)23-15/h5-8,10H,4,9H2,1-3H3,(H3,19,20,21,22,23). The molecule has 0 amide bonds. The van der Waals surface area contributed by atoms with E-state index in [1.165, 1.54) is 13.8 Å². The SMILES string of the molecule is CCC(CSc1ccccc1Cl)Nc1nc(N)nc(C(C)(C)F)n1. The van der Waals surface area contributed by atoms with Crippen LogP contribution in [-0.2, 0) is 5.67 Å². The number of nitrogens with zero attached hydrogens (tertiary/aromatic N) is 3. The first-order valence-electron chi connectivity index (χ1n) is 7.64. The third-order valence-electron chi connectivity index (χ3n) is 3.29. The van der Waals surface area contributed by atoms with E-state index in [4.69, 9.17) is 17.3 Å². The Bertz CT molecular complexity index is 692. The van der Waals surface area contributed by atoms with Gasteiger partial charge in [-0.1, -0.05) is 30.7 Å². The van der Waals surface area contributed by atoms with Crippen LogP contribution in [0.15, 0.2) is 29.2 Å². The molecule has 0 radical (unpaired) electrons. The van der Waals surface area contributed by atoms with Crippen LogP contribution in [0.5, 0.6) is 0 Å². The summed E-state index contributed by atoms with van der Waals surface area (Å²) < 4.78 is 14.1. The molecular weight excluding hydrogens is 349 g/mol. The van der Waals surface area contributed by atoms with Gasteiger partial charge in [0.05, 0.1) is 5.02 Å². The summed E-state index contributed by atoms with van der Waals surface area (Å²) in [4.78, 5) is 13.1. The Morgan fingerprint density at radius 3 is 2.62 bits per heavy atom. The van der Waals surface area contributed by atoms with E-state index in [1.807, 2.05) is 24.3 Å². The lowest BCUT2D eigenvalue weighted by Crippen LogP contribution is -2.25. The number of benzene rings is 1. The van der Waals surface area contributed by atoms with Gasteiger partial charge in [-0.2, -0.15) is 15.0 Å². The maximum Gasteiger partial charge on any atom is 0.228 e. The molecule has 8 heteroatoms. The van der Waals surface area contributed by atoms with Crippen molar-refractivity contribution in [3.63, 3.8) is 0 Å². The topological polar surface area (TPSA) is 76.7 Å². The van der Waals surface area contributed by atoms with Gasteiger partial charge in [-0.25, -0.2) is 4.39 Å². The van der Waals surface area contributed by atoms with Crippen LogP contribution in [0.2, 0.25) is 5.02 Å². The Morgan fingerprint density at radius 2 is 2.00 bits per heavy atom. The molecule has 1 heterocycles. The molecule has 130 valence electrons. The number of nitrogens with two attached hydrogens (primary N) is 1. The molecule has 1 aromatic heterocycles. The number of nitrogen functional groups attached to an aromatic ring is 1. The predicted molar refractivity (Wildman–Crippen MR) is 98.3 cm³/mol. The van der Waals surface area contributed by atoms with Crippen LogP contribution in [0.1, 0.15) is 33.0 Å². The second-order valence-electron chi connectivity index (χ2n) is 5.80. The molecule has 1 aromatic carbocycles. The molecule has 0 saturated heterocycles. The molecule has 24 heavy (non-hydrogen) atoms. The van der Waals surface area contributed by atoms with Gasteiger partial charge in [0, 0.05) is 16.7 Å². The lowest BCUT2D eigenvalue weighted by Gasteiger charge is -2.19. The molecule has 0 bridgehead atoms. The Morgan fingerprint density at radius 1 is 1.29 bits per heavy atom.